The fraction of sp³-hybridized carbons (Fsp3) is 0.318. The molecule has 0 bridgehead atoms. The summed E-state index contributed by atoms with van der Waals surface area (Å²) in [5, 5.41) is 12.5. The number of carbonyl (C=O) groups excluding carboxylic acids is 2. The molecule has 30 heavy (non-hydrogen) atoms. The number of nitrogens with two attached hydrogens (primary N) is 1. The fourth-order valence-corrected chi connectivity index (χ4v) is 3.74. The predicted octanol–water partition coefficient (Wildman–Crippen LogP) is 2.86. The predicted molar refractivity (Wildman–Crippen MR) is 110 cm³/mol. The lowest BCUT2D eigenvalue weighted by Gasteiger charge is -2.32. The van der Waals surface area contributed by atoms with Crippen molar-refractivity contribution in [1.82, 2.24) is 4.90 Å². The van der Waals surface area contributed by atoms with Gasteiger partial charge in [-0.05, 0) is 43.2 Å². The highest BCUT2D eigenvalue weighted by Crippen LogP contribution is 2.42. The van der Waals surface area contributed by atoms with E-state index in [-0.39, 0.29) is 12.3 Å². The second kappa shape index (κ2) is 8.86. The standard InChI is InChI=1S/C22H24N3O5/c1-4-30-19-12-14(9-10-18(19)29-3)17(11-13(2)24-28)25-20(21(23)26)15-7-5-6-8-16(15)22(25)27/h5-7,9-10,12,17,20,28H,4,11H2,1-3H3,(H2,23,26). The maximum atomic E-state index is 13.3. The molecule has 0 saturated carbocycles. The Bertz CT molecular complexity index is 988. The summed E-state index contributed by atoms with van der Waals surface area (Å²) >= 11 is 0. The van der Waals surface area contributed by atoms with Gasteiger partial charge in [0, 0.05) is 6.42 Å². The molecule has 0 fully saturated rings. The topological polar surface area (TPSA) is 114 Å². The zero-order chi connectivity index (χ0) is 21.8. The van der Waals surface area contributed by atoms with Crippen LogP contribution in [0.25, 0.3) is 0 Å². The van der Waals surface area contributed by atoms with Crippen LogP contribution < -0.4 is 15.2 Å². The molecule has 0 aliphatic carbocycles. The number of fused-ring (bicyclic) bond motifs is 1. The number of hydrogen-bond acceptors (Lipinski definition) is 6. The lowest BCUT2D eigenvalue weighted by Crippen LogP contribution is -2.39. The number of amides is 2. The number of primary amides is 1. The Morgan fingerprint density at radius 3 is 2.77 bits per heavy atom. The van der Waals surface area contributed by atoms with Crippen molar-refractivity contribution in [3.8, 4) is 11.5 Å². The maximum absolute atomic E-state index is 13.3. The minimum Gasteiger partial charge on any atom is -0.493 e. The quantitative estimate of drug-likeness (QED) is 0.395. The average molecular weight is 410 g/mol. The number of nitrogens with zero attached hydrogens (tertiary/aromatic N) is 2. The second-order valence-corrected chi connectivity index (χ2v) is 6.92. The molecule has 0 saturated heterocycles. The average Bonchev–Trinajstić information content (AvgIpc) is 3.04. The molecule has 157 valence electrons. The minimum atomic E-state index is -0.959. The van der Waals surface area contributed by atoms with Crippen molar-refractivity contribution in [3.05, 3.63) is 59.2 Å². The van der Waals surface area contributed by atoms with Crippen LogP contribution in [0.4, 0.5) is 0 Å². The molecule has 0 spiro atoms. The van der Waals surface area contributed by atoms with Crippen molar-refractivity contribution < 1.29 is 24.3 Å². The summed E-state index contributed by atoms with van der Waals surface area (Å²) in [7, 11) is 1.54. The second-order valence-electron chi connectivity index (χ2n) is 6.92. The number of carbonyl (C=O) groups is 2. The molecule has 1 radical (unpaired) electrons. The summed E-state index contributed by atoms with van der Waals surface area (Å²) in [6.07, 6.45) is 0.192. The number of methoxy groups -OCH3 is 1. The summed E-state index contributed by atoms with van der Waals surface area (Å²) < 4.78 is 11.0. The van der Waals surface area contributed by atoms with Crippen molar-refractivity contribution in [2.45, 2.75) is 32.4 Å². The largest absolute Gasteiger partial charge is 0.493 e. The van der Waals surface area contributed by atoms with Crippen molar-refractivity contribution in [1.29, 1.82) is 0 Å². The van der Waals surface area contributed by atoms with E-state index in [4.69, 9.17) is 15.2 Å². The molecule has 3 N–H and O–H groups in total. The summed E-state index contributed by atoms with van der Waals surface area (Å²) in [6.45, 7) is 3.92. The number of rotatable bonds is 8. The van der Waals surface area contributed by atoms with E-state index in [1.807, 2.05) is 6.92 Å². The molecule has 3 rings (SSSR count). The Morgan fingerprint density at radius 2 is 2.13 bits per heavy atom. The van der Waals surface area contributed by atoms with Gasteiger partial charge >= 0.3 is 0 Å². The Balaban J connectivity index is 2.14. The first-order valence-electron chi connectivity index (χ1n) is 9.53. The van der Waals surface area contributed by atoms with E-state index in [0.29, 0.717) is 40.5 Å². The van der Waals surface area contributed by atoms with Gasteiger partial charge in [0.2, 0.25) is 5.91 Å². The van der Waals surface area contributed by atoms with Crippen LogP contribution in [-0.4, -0.2) is 41.3 Å². The summed E-state index contributed by atoms with van der Waals surface area (Å²) in [5.74, 6) is 0.0397. The molecule has 1 aliphatic rings. The van der Waals surface area contributed by atoms with Gasteiger partial charge in [-0.15, -0.1) is 0 Å². The van der Waals surface area contributed by atoms with E-state index in [9.17, 15) is 14.8 Å². The van der Waals surface area contributed by atoms with Crippen molar-refractivity contribution in [3.63, 3.8) is 0 Å². The summed E-state index contributed by atoms with van der Waals surface area (Å²) in [6, 6.07) is 11.6. The molecule has 1 heterocycles. The van der Waals surface area contributed by atoms with Crippen LogP contribution in [0.5, 0.6) is 11.5 Å². The van der Waals surface area contributed by atoms with Crippen LogP contribution in [0, 0.1) is 6.07 Å². The first-order valence-corrected chi connectivity index (χ1v) is 9.53. The van der Waals surface area contributed by atoms with E-state index in [2.05, 4.69) is 11.2 Å². The molecule has 2 atom stereocenters. The van der Waals surface area contributed by atoms with Gasteiger partial charge in [-0.2, -0.15) is 0 Å². The fourth-order valence-electron chi connectivity index (χ4n) is 3.74. The van der Waals surface area contributed by atoms with Gasteiger partial charge in [0.05, 0.1) is 31.0 Å². The Kier molecular flexibility index (Phi) is 6.25. The van der Waals surface area contributed by atoms with Crippen molar-refractivity contribution in [2.75, 3.05) is 13.7 Å². The zero-order valence-electron chi connectivity index (χ0n) is 17.1. The molecule has 2 unspecified atom stereocenters. The van der Waals surface area contributed by atoms with E-state index < -0.39 is 18.0 Å². The highest BCUT2D eigenvalue weighted by Gasteiger charge is 2.44. The SMILES string of the molecule is CCOc1cc(C(CC(C)=NO)N2C(=O)c3[c]cccc3C2C(N)=O)ccc1OC. The van der Waals surface area contributed by atoms with Crippen molar-refractivity contribution in [2.24, 2.45) is 10.9 Å². The monoisotopic (exact) mass is 410 g/mol. The first kappa shape index (κ1) is 21.2. The van der Waals surface area contributed by atoms with Gasteiger partial charge in [0.1, 0.15) is 6.04 Å². The minimum absolute atomic E-state index is 0.192. The molecule has 2 amide bonds. The van der Waals surface area contributed by atoms with Crippen LogP contribution in [0.3, 0.4) is 0 Å². The molecule has 8 heteroatoms. The molecule has 2 aromatic rings. The lowest BCUT2D eigenvalue weighted by molar-refractivity contribution is -0.123. The van der Waals surface area contributed by atoms with Gasteiger partial charge in [0.15, 0.2) is 11.5 Å². The van der Waals surface area contributed by atoms with Crippen LogP contribution in [-0.2, 0) is 4.79 Å². The number of hydrogen-bond donors (Lipinski definition) is 2. The molecular formula is C22H24N3O5. The molecular weight excluding hydrogens is 386 g/mol. The molecule has 8 nitrogen and oxygen atoms in total. The number of ether oxygens (including phenoxy) is 2. The normalized spacial score (nSPS) is 16.9. The summed E-state index contributed by atoms with van der Waals surface area (Å²) in [4.78, 5) is 27.1. The first-order chi connectivity index (χ1) is 14.4. The van der Waals surface area contributed by atoms with E-state index in [0.717, 1.165) is 0 Å². The lowest BCUT2D eigenvalue weighted by atomic mass is 9.97. The Labute approximate surface area is 174 Å². The van der Waals surface area contributed by atoms with E-state index in [1.165, 1.54) is 12.0 Å². The third-order valence-electron chi connectivity index (χ3n) is 5.05. The van der Waals surface area contributed by atoms with Crippen LogP contribution in [0.1, 0.15) is 53.8 Å². The third kappa shape index (κ3) is 3.80. The zero-order valence-corrected chi connectivity index (χ0v) is 17.1. The van der Waals surface area contributed by atoms with Gasteiger partial charge in [-0.1, -0.05) is 29.4 Å². The van der Waals surface area contributed by atoms with E-state index in [1.54, 1.807) is 43.3 Å². The molecule has 1 aliphatic heterocycles. The smallest absolute Gasteiger partial charge is 0.256 e. The van der Waals surface area contributed by atoms with E-state index >= 15 is 0 Å². The van der Waals surface area contributed by atoms with Gasteiger partial charge in [0.25, 0.3) is 5.91 Å². The summed E-state index contributed by atoms with van der Waals surface area (Å²) in [5.41, 5.74) is 7.60. The number of benzene rings is 2. The highest BCUT2D eigenvalue weighted by molar-refractivity contribution is 6.04. The third-order valence-corrected chi connectivity index (χ3v) is 5.05. The highest BCUT2D eigenvalue weighted by atomic mass is 16.5. The molecule has 0 aromatic heterocycles. The molecule has 2 aromatic carbocycles. The number of oxime groups is 1. The van der Waals surface area contributed by atoms with Crippen LogP contribution >= 0.6 is 0 Å². The van der Waals surface area contributed by atoms with Gasteiger partial charge in [-0.3, -0.25) is 9.59 Å². The Hall–Kier alpha value is -3.55. The Morgan fingerprint density at radius 1 is 1.37 bits per heavy atom. The van der Waals surface area contributed by atoms with Crippen LogP contribution in [0.2, 0.25) is 0 Å². The maximum Gasteiger partial charge on any atom is 0.256 e. The van der Waals surface area contributed by atoms with Gasteiger partial charge in [-0.25, -0.2) is 0 Å². The van der Waals surface area contributed by atoms with Crippen molar-refractivity contribution >= 4 is 17.5 Å². The van der Waals surface area contributed by atoms with Gasteiger partial charge < -0.3 is 25.3 Å². The van der Waals surface area contributed by atoms with Crippen LogP contribution in [0.15, 0.2) is 41.6 Å².